The molecular weight excluding hydrogens is 167 g/mol. The Morgan fingerprint density at radius 3 is 1.00 bits per heavy atom. The van der Waals surface area contributed by atoms with Gasteiger partial charge in [0, 0.05) is 36.3 Å². The van der Waals surface area contributed by atoms with Gasteiger partial charge in [0.15, 0.2) is 17.4 Å². The van der Waals surface area contributed by atoms with Gasteiger partial charge in [0.05, 0.1) is 0 Å². The molecule has 0 aliphatic rings. The van der Waals surface area contributed by atoms with E-state index in [2.05, 4.69) is 0 Å². The van der Waals surface area contributed by atoms with Crippen LogP contribution in [0, 0.1) is 0 Å². The van der Waals surface area contributed by atoms with Gasteiger partial charge in [-0.2, -0.15) is 0 Å². The van der Waals surface area contributed by atoms with Crippen molar-refractivity contribution in [1.29, 1.82) is 0 Å². The SMILES string of the molecule is O.[AlH3].[Co].[Zn]. The molecule has 0 aliphatic heterocycles. The Labute approximate surface area is 58.9 Å². The molecule has 0 aromatic carbocycles. The second kappa shape index (κ2) is 23.0. The molecule has 4 heteroatoms. The molecule has 0 aromatic rings. The molecule has 0 aromatic heterocycles. The van der Waals surface area contributed by atoms with E-state index in [1.807, 2.05) is 0 Å². The van der Waals surface area contributed by atoms with Gasteiger partial charge in [0.1, 0.15) is 0 Å². The van der Waals surface area contributed by atoms with Crippen LogP contribution >= 0.6 is 0 Å². The Bertz CT molecular complexity index is 8.00. The first-order chi connectivity index (χ1) is 0. The smallest absolute Gasteiger partial charge is 0.187 e. The maximum atomic E-state index is 0. The van der Waals surface area contributed by atoms with Gasteiger partial charge >= 0.3 is 0 Å². The molecule has 0 spiro atoms. The van der Waals surface area contributed by atoms with E-state index >= 15 is 0 Å². The fourth-order valence-electron chi connectivity index (χ4n) is 0. The minimum atomic E-state index is 0. The molecule has 0 amide bonds. The molecule has 2 N–H and O–H groups in total. The Morgan fingerprint density at radius 1 is 1.00 bits per heavy atom. The molecule has 0 aliphatic carbocycles. The second-order valence-electron chi connectivity index (χ2n) is 0. The van der Waals surface area contributed by atoms with Crippen molar-refractivity contribution in [3.8, 4) is 0 Å². The Hall–Kier alpha value is 1.62. The van der Waals surface area contributed by atoms with Crippen molar-refractivity contribution in [2.45, 2.75) is 0 Å². The quantitative estimate of drug-likeness (QED) is 0.378. The van der Waals surface area contributed by atoms with E-state index in [1.54, 1.807) is 0 Å². The van der Waals surface area contributed by atoms with Crippen molar-refractivity contribution in [3.63, 3.8) is 0 Å². The molecule has 0 rings (SSSR count). The first-order valence-corrected chi connectivity index (χ1v) is 0. The summed E-state index contributed by atoms with van der Waals surface area (Å²) in [7, 11) is 0. The number of hydrogen-bond donors (Lipinski definition) is 0. The Morgan fingerprint density at radius 2 is 1.00 bits per heavy atom. The summed E-state index contributed by atoms with van der Waals surface area (Å²) in [6.45, 7) is 0. The van der Waals surface area contributed by atoms with Crippen LogP contribution in [0.3, 0.4) is 0 Å². The number of rotatable bonds is 0. The minimum absolute atomic E-state index is 0. The monoisotopic (exact) mass is 171 g/mol. The summed E-state index contributed by atoms with van der Waals surface area (Å²) in [6, 6.07) is 0. The zero-order chi connectivity index (χ0) is 0. The third kappa shape index (κ3) is 9.46. The van der Waals surface area contributed by atoms with Crippen LogP contribution in [0.25, 0.3) is 0 Å². The van der Waals surface area contributed by atoms with Gasteiger partial charge < -0.3 is 5.48 Å². The molecule has 25 valence electrons. The summed E-state index contributed by atoms with van der Waals surface area (Å²) in [5.41, 5.74) is 0. The van der Waals surface area contributed by atoms with Gasteiger partial charge in [-0.25, -0.2) is 0 Å². The molecule has 0 heterocycles. The standard InChI is InChI=1S/Al.Co.H2O.Zn.3H/h;;1H2;;;;. The number of hydrogen-bond acceptors (Lipinski definition) is 0. The molecule has 1 radical (unpaired) electrons. The summed E-state index contributed by atoms with van der Waals surface area (Å²) in [4.78, 5) is 0. The van der Waals surface area contributed by atoms with E-state index in [-0.39, 0.29) is 59.1 Å². The normalized spacial score (nSPS) is 0. The molecular formula is H5AlCoOZn. The van der Waals surface area contributed by atoms with Crippen LogP contribution in [0.15, 0.2) is 0 Å². The van der Waals surface area contributed by atoms with E-state index < -0.39 is 0 Å². The minimum Gasteiger partial charge on any atom is -0.412 e. The van der Waals surface area contributed by atoms with E-state index in [9.17, 15) is 0 Å². The summed E-state index contributed by atoms with van der Waals surface area (Å²) in [5.74, 6) is 0. The third-order valence-corrected chi connectivity index (χ3v) is 0. The van der Waals surface area contributed by atoms with Gasteiger partial charge in [-0.1, -0.05) is 0 Å². The molecule has 4 heavy (non-hydrogen) atoms. The van der Waals surface area contributed by atoms with Gasteiger partial charge in [-0.3, -0.25) is 0 Å². The van der Waals surface area contributed by atoms with Crippen molar-refractivity contribution < 1.29 is 41.7 Å². The van der Waals surface area contributed by atoms with Gasteiger partial charge in [0.2, 0.25) is 0 Å². The van der Waals surface area contributed by atoms with Crippen LogP contribution in [0.4, 0.5) is 0 Å². The van der Waals surface area contributed by atoms with E-state index in [0.29, 0.717) is 0 Å². The molecule has 0 unspecified atom stereocenters. The second-order valence-corrected chi connectivity index (χ2v) is 0. The molecule has 0 atom stereocenters. The summed E-state index contributed by atoms with van der Waals surface area (Å²) in [6.07, 6.45) is 0. The van der Waals surface area contributed by atoms with Crippen molar-refractivity contribution in [2.75, 3.05) is 0 Å². The Kier molecular flexibility index (Phi) is 263. The van der Waals surface area contributed by atoms with Gasteiger partial charge in [-0.15, -0.1) is 0 Å². The zero-order valence-electron chi connectivity index (χ0n) is 1.54. The van der Waals surface area contributed by atoms with E-state index in [4.69, 9.17) is 0 Å². The fourth-order valence-corrected chi connectivity index (χ4v) is 0. The molecule has 0 saturated heterocycles. The van der Waals surface area contributed by atoms with Crippen LogP contribution in [0.2, 0.25) is 0 Å². The van der Waals surface area contributed by atoms with Crippen molar-refractivity contribution in [1.82, 2.24) is 0 Å². The van der Waals surface area contributed by atoms with Crippen molar-refractivity contribution in [2.24, 2.45) is 0 Å². The topological polar surface area (TPSA) is 31.5 Å². The molecule has 0 bridgehead atoms. The van der Waals surface area contributed by atoms with Gasteiger partial charge in [-0.05, 0) is 0 Å². The predicted octanol–water partition coefficient (Wildman–Crippen LogP) is -2.01. The average molecular weight is 172 g/mol. The van der Waals surface area contributed by atoms with Crippen molar-refractivity contribution in [3.05, 3.63) is 0 Å². The maximum absolute atomic E-state index is 0. The summed E-state index contributed by atoms with van der Waals surface area (Å²) in [5, 5.41) is 0. The first-order valence-electron chi connectivity index (χ1n) is 0. The van der Waals surface area contributed by atoms with E-state index in [1.165, 1.54) is 0 Å². The maximum Gasteiger partial charge on any atom is 0.187 e. The fraction of sp³-hybridized carbons (Fsp3) is 0. The van der Waals surface area contributed by atoms with Crippen LogP contribution in [0.5, 0.6) is 0 Å². The van der Waals surface area contributed by atoms with Crippen LogP contribution in [0.1, 0.15) is 0 Å². The predicted molar refractivity (Wildman–Crippen MR) is 13.6 cm³/mol. The molecule has 0 fully saturated rings. The Balaban J connectivity index is 0. The van der Waals surface area contributed by atoms with Crippen LogP contribution in [-0.4, -0.2) is 22.8 Å². The summed E-state index contributed by atoms with van der Waals surface area (Å²) >= 11 is 0. The van der Waals surface area contributed by atoms with E-state index in [0.717, 1.165) is 0 Å². The molecule has 0 saturated carbocycles. The zero-order valence-corrected chi connectivity index (χ0v) is 5.55. The first kappa shape index (κ1) is 45.6. The molecule has 1 nitrogen and oxygen atoms in total. The largest absolute Gasteiger partial charge is 0.412 e. The average Bonchev–Trinajstić information content (AvgIpc) is 0. The summed E-state index contributed by atoms with van der Waals surface area (Å²) < 4.78 is 0. The van der Waals surface area contributed by atoms with Crippen LogP contribution in [-0.2, 0) is 36.3 Å². The van der Waals surface area contributed by atoms with Crippen molar-refractivity contribution >= 4 is 17.4 Å². The third-order valence-electron chi connectivity index (χ3n) is 0. The van der Waals surface area contributed by atoms with Crippen LogP contribution < -0.4 is 0 Å². The van der Waals surface area contributed by atoms with Gasteiger partial charge in [0.25, 0.3) is 0 Å².